The third-order valence-corrected chi connectivity index (χ3v) is 4.39. The molecule has 1 aromatic heterocycles. The molecule has 2 aromatic carbocycles. The van der Waals surface area contributed by atoms with E-state index < -0.39 is 0 Å². The van der Waals surface area contributed by atoms with Gasteiger partial charge in [0.25, 0.3) is 0 Å². The first-order chi connectivity index (χ1) is 13.5. The first-order valence-electron chi connectivity index (χ1n) is 9.09. The number of aryl methyl sites for hydroxylation is 2. The van der Waals surface area contributed by atoms with Crippen LogP contribution in [0.1, 0.15) is 33.6 Å². The second kappa shape index (κ2) is 8.83. The topological polar surface area (TPSA) is 70.7 Å². The number of carbonyl (C=O) groups is 1. The van der Waals surface area contributed by atoms with Crippen LogP contribution < -0.4 is 5.32 Å². The van der Waals surface area contributed by atoms with Crippen LogP contribution in [0.2, 0.25) is 0 Å². The van der Waals surface area contributed by atoms with E-state index in [9.17, 15) is 4.79 Å². The van der Waals surface area contributed by atoms with Gasteiger partial charge in [-0.3, -0.25) is 9.48 Å². The van der Waals surface area contributed by atoms with Crippen LogP contribution in [0.15, 0.2) is 60.7 Å². The second-order valence-electron chi connectivity index (χ2n) is 6.65. The lowest BCUT2D eigenvalue weighted by atomic mass is 10.1. The molecule has 0 saturated heterocycles. The summed E-state index contributed by atoms with van der Waals surface area (Å²) in [6, 6.07) is 19.5. The van der Waals surface area contributed by atoms with Gasteiger partial charge in [0.2, 0.25) is 5.91 Å². The molecule has 0 fully saturated rings. The zero-order valence-corrected chi connectivity index (χ0v) is 16.0. The van der Waals surface area contributed by atoms with E-state index in [-0.39, 0.29) is 5.91 Å². The predicted molar refractivity (Wildman–Crippen MR) is 109 cm³/mol. The van der Waals surface area contributed by atoms with Gasteiger partial charge in [0.15, 0.2) is 0 Å². The lowest BCUT2D eigenvalue weighted by molar-refractivity contribution is -0.116. The molecular formula is C23H22N4O. The van der Waals surface area contributed by atoms with Crippen LogP contribution in [-0.4, -0.2) is 15.7 Å². The molecule has 0 atom stereocenters. The number of nitrogens with one attached hydrogen (secondary N) is 1. The molecule has 5 nitrogen and oxygen atoms in total. The van der Waals surface area contributed by atoms with Crippen molar-refractivity contribution in [2.45, 2.75) is 26.9 Å². The Morgan fingerprint density at radius 1 is 1.14 bits per heavy atom. The summed E-state index contributed by atoms with van der Waals surface area (Å²) in [6.07, 6.45) is 3.11. The minimum atomic E-state index is -0.198. The van der Waals surface area contributed by atoms with E-state index in [0.29, 0.717) is 18.7 Å². The van der Waals surface area contributed by atoms with E-state index >= 15 is 0 Å². The molecular weight excluding hydrogens is 348 g/mol. The summed E-state index contributed by atoms with van der Waals surface area (Å²) in [6.45, 7) is 5.17. The Morgan fingerprint density at radius 3 is 2.68 bits per heavy atom. The molecule has 1 N–H and O–H groups in total. The van der Waals surface area contributed by atoms with Crippen LogP contribution in [-0.2, 0) is 17.9 Å². The van der Waals surface area contributed by atoms with Crippen molar-refractivity contribution in [1.82, 2.24) is 15.1 Å². The normalized spacial score (nSPS) is 10.8. The van der Waals surface area contributed by atoms with Crippen LogP contribution in [0.5, 0.6) is 0 Å². The van der Waals surface area contributed by atoms with Crippen LogP contribution in [0.25, 0.3) is 6.08 Å². The zero-order chi connectivity index (χ0) is 19.9. The summed E-state index contributed by atoms with van der Waals surface area (Å²) in [7, 11) is 0. The number of benzene rings is 2. The molecule has 0 bridgehead atoms. The maximum Gasteiger partial charge on any atom is 0.244 e. The molecule has 0 aliphatic carbocycles. The van der Waals surface area contributed by atoms with Gasteiger partial charge in [0.05, 0.1) is 23.9 Å². The van der Waals surface area contributed by atoms with Crippen molar-refractivity contribution in [3.05, 3.63) is 94.3 Å². The Hall–Kier alpha value is -3.65. The van der Waals surface area contributed by atoms with Crippen LogP contribution >= 0.6 is 0 Å². The molecule has 3 aromatic rings. The highest BCUT2D eigenvalue weighted by molar-refractivity contribution is 5.92. The average molecular weight is 370 g/mol. The lowest BCUT2D eigenvalue weighted by Crippen LogP contribution is -2.20. The highest BCUT2D eigenvalue weighted by atomic mass is 16.1. The fourth-order valence-corrected chi connectivity index (χ4v) is 3.00. The van der Waals surface area contributed by atoms with Crippen molar-refractivity contribution in [2.75, 3.05) is 0 Å². The van der Waals surface area contributed by atoms with Crippen molar-refractivity contribution in [2.24, 2.45) is 0 Å². The molecule has 5 heteroatoms. The molecule has 0 aliphatic rings. The summed E-state index contributed by atoms with van der Waals surface area (Å²) in [4.78, 5) is 12.1. The molecule has 0 radical (unpaired) electrons. The van der Waals surface area contributed by atoms with Gasteiger partial charge in [0.1, 0.15) is 0 Å². The zero-order valence-electron chi connectivity index (χ0n) is 16.0. The van der Waals surface area contributed by atoms with Crippen molar-refractivity contribution < 1.29 is 4.79 Å². The molecule has 1 heterocycles. The molecule has 0 saturated carbocycles. The standard InChI is InChI=1S/C23H22N4O/c1-17-12-18(2)27(26-17)16-20-7-5-6-19(13-20)15-25-23(28)11-10-21-8-3-4-9-22(21)14-24/h3-13H,15-16H2,1-2H3,(H,25,28)/b11-10+. The highest BCUT2D eigenvalue weighted by Crippen LogP contribution is 2.11. The summed E-state index contributed by atoms with van der Waals surface area (Å²) < 4.78 is 1.97. The number of nitriles is 1. The fraction of sp³-hybridized carbons (Fsp3) is 0.174. The maximum atomic E-state index is 12.1. The highest BCUT2D eigenvalue weighted by Gasteiger charge is 2.04. The quantitative estimate of drug-likeness (QED) is 0.672. The number of amides is 1. The van der Waals surface area contributed by atoms with Gasteiger partial charge in [-0.2, -0.15) is 10.4 Å². The molecule has 0 unspecified atom stereocenters. The molecule has 0 spiro atoms. The Bertz CT molecular complexity index is 1060. The van der Waals surface area contributed by atoms with Gasteiger partial charge >= 0.3 is 0 Å². The summed E-state index contributed by atoms with van der Waals surface area (Å²) in [5, 5.41) is 16.5. The summed E-state index contributed by atoms with van der Waals surface area (Å²) in [5.41, 5.74) is 5.56. The van der Waals surface area contributed by atoms with E-state index in [1.807, 2.05) is 42.8 Å². The van der Waals surface area contributed by atoms with Gasteiger partial charge in [-0.05, 0) is 48.7 Å². The maximum absolute atomic E-state index is 12.1. The Balaban J connectivity index is 1.60. The minimum absolute atomic E-state index is 0.198. The van der Waals surface area contributed by atoms with Crippen molar-refractivity contribution in [1.29, 1.82) is 5.26 Å². The van der Waals surface area contributed by atoms with Gasteiger partial charge < -0.3 is 5.32 Å². The Morgan fingerprint density at radius 2 is 1.93 bits per heavy atom. The van der Waals surface area contributed by atoms with Crippen LogP contribution in [0, 0.1) is 25.2 Å². The molecule has 1 amide bonds. The number of hydrogen-bond donors (Lipinski definition) is 1. The summed E-state index contributed by atoms with van der Waals surface area (Å²) in [5.74, 6) is -0.198. The van der Waals surface area contributed by atoms with E-state index in [4.69, 9.17) is 5.26 Å². The van der Waals surface area contributed by atoms with Gasteiger partial charge in [-0.1, -0.05) is 42.5 Å². The number of aromatic nitrogens is 2. The van der Waals surface area contributed by atoms with E-state index in [0.717, 1.165) is 28.1 Å². The SMILES string of the molecule is Cc1cc(C)n(Cc2cccc(CNC(=O)/C=C/c3ccccc3C#N)c2)n1. The number of carbonyl (C=O) groups excluding carboxylic acids is 1. The lowest BCUT2D eigenvalue weighted by Gasteiger charge is -2.08. The van der Waals surface area contributed by atoms with E-state index in [2.05, 4.69) is 34.7 Å². The van der Waals surface area contributed by atoms with Crippen molar-refractivity contribution in [3.8, 4) is 6.07 Å². The second-order valence-corrected chi connectivity index (χ2v) is 6.65. The van der Waals surface area contributed by atoms with Crippen molar-refractivity contribution in [3.63, 3.8) is 0 Å². The molecule has 140 valence electrons. The monoisotopic (exact) mass is 370 g/mol. The fourth-order valence-electron chi connectivity index (χ4n) is 3.00. The van der Waals surface area contributed by atoms with E-state index in [1.165, 1.54) is 6.08 Å². The van der Waals surface area contributed by atoms with Gasteiger partial charge in [-0.25, -0.2) is 0 Å². The molecule has 0 aliphatic heterocycles. The first kappa shape index (κ1) is 19.1. The number of nitrogens with zero attached hydrogens (tertiary/aromatic N) is 3. The third-order valence-electron chi connectivity index (χ3n) is 4.39. The number of hydrogen-bond acceptors (Lipinski definition) is 3. The van der Waals surface area contributed by atoms with Crippen LogP contribution in [0.3, 0.4) is 0 Å². The Kier molecular flexibility index (Phi) is 6.03. The smallest absolute Gasteiger partial charge is 0.244 e. The average Bonchev–Trinajstić information content (AvgIpc) is 3.02. The Labute approximate surface area is 164 Å². The van der Waals surface area contributed by atoms with Crippen molar-refractivity contribution >= 4 is 12.0 Å². The molecule has 3 rings (SSSR count). The molecule has 28 heavy (non-hydrogen) atoms. The largest absolute Gasteiger partial charge is 0.348 e. The summed E-state index contributed by atoms with van der Waals surface area (Å²) >= 11 is 0. The number of rotatable bonds is 6. The van der Waals surface area contributed by atoms with Crippen LogP contribution in [0.4, 0.5) is 0 Å². The third kappa shape index (κ3) is 4.95. The predicted octanol–water partition coefficient (Wildman–Crippen LogP) is 3.75. The van der Waals surface area contributed by atoms with Gasteiger partial charge in [-0.15, -0.1) is 0 Å². The first-order valence-corrected chi connectivity index (χ1v) is 9.09. The minimum Gasteiger partial charge on any atom is -0.348 e. The van der Waals surface area contributed by atoms with Gasteiger partial charge in [0, 0.05) is 18.3 Å². The van der Waals surface area contributed by atoms with E-state index in [1.54, 1.807) is 18.2 Å².